The third-order valence-electron chi connectivity index (χ3n) is 6.62. The summed E-state index contributed by atoms with van der Waals surface area (Å²) in [5, 5.41) is 6.01. The van der Waals surface area contributed by atoms with Crippen molar-refractivity contribution in [3.63, 3.8) is 0 Å². The number of hydrogen-bond donors (Lipinski definition) is 0. The fourth-order valence-electron chi connectivity index (χ4n) is 4.63. The average Bonchev–Trinajstić information content (AvgIpc) is 3.04. The number of hydrogen-bond acceptors (Lipinski definition) is 1. The molecule has 0 aliphatic rings. The van der Waals surface area contributed by atoms with E-state index < -0.39 is 27.5 Å². The van der Waals surface area contributed by atoms with E-state index in [1.807, 2.05) is 0 Å². The zero-order chi connectivity index (χ0) is 28.3. The summed E-state index contributed by atoms with van der Waals surface area (Å²) in [6.45, 7) is 0. The van der Waals surface area contributed by atoms with Crippen molar-refractivity contribution in [2.24, 2.45) is 0 Å². The Labute approximate surface area is 275 Å². The third kappa shape index (κ3) is 9.72. The molecule has 1 heterocycles. The summed E-state index contributed by atoms with van der Waals surface area (Å²) in [7, 11) is -1.69. The predicted molar refractivity (Wildman–Crippen MR) is 181 cm³/mol. The predicted octanol–water partition coefficient (Wildman–Crippen LogP) is 7.92. The molecule has 7 heteroatoms. The van der Waals surface area contributed by atoms with Gasteiger partial charge in [0.25, 0.3) is 0 Å². The van der Waals surface area contributed by atoms with Crippen LogP contribution in [0.15, 0.2) is 158 Å². The van der Waals surface area contributed by atoms with Gasteiger partial charge in [-0.25, -0.2) is 0 Å². The van der Waals surface area contributed by atoms with Crippen LogP contribution in [-0.4, -0.2) is 10.9 Å². The van der Waals surface area contributed by atoms with Crippen LogP contribution in [0.4, 0.5) is 8.78 Å². The Morgan fingerprint density at radius 2 is 0.953 bits per heavy atom. The molecule has 43 heavy (non-hydrogen) atoms. The van der Waals surface area contributed by atoms with Crippen molar-refractivity contribution in [1.29, 1.82) is 0 Å². The van der Waals surface area contributed by atoms with Gasteiger partial charge in [-0.05, 0) is 60.3 Å². The van der Waals surface area contributed by atoms with Gasteiger partial charge < -0.3 is 4.98 Å². The first-order valence-electron chi connectivity index (χ1n) is 13.4. The molecule has 0 radical (unpaired) electrons. The summed E-state index contributed by atoms with van der Waals surface area (Å²) in [5.74, 6) is -0.0388. The van der Waals surface area contributed by atoms with Crippen LogP contribution in [0.25, 0.3) is 11.3 Å². The maximum absolute atomic E-state index is 13.2. The quantitative estimate of drug-likeness (QED) is 0.118. The van der Waals surface area contributed by atoms with Crippen molar-refractivity contribution in [3.8, 4) is 11.3 Å². The number of nitrogens with zero attached hydrogens (tertiary/aromatic N) is 1. The van der Waals surface area contributed by atoms with E-state index in [1.54, 1.807) is 24.4 Å². The number of aromatic nitrogens is 1. The summed E-state index contributed by atoms with van der Waals surface area (Å²) < 4.78 is 25.8. The van der Waals surface area contributed by atoms with Gasteiger partial charge in [-0.15, -0.1) is 24.5 Å². The Bertz CT molecular complexity index is 1470. The fourth-order valence-corrected chi connectivity index (χ4v) is 12.4. The molecule has 0 N–H and O–H groups in total. The minimum atomic E-state index is -0.847. The number of benzene rings is 5. The molecule has 6 rings (SSSR count). The Kier molecular flexibility index (Phi) is 14.4. The fraction of sp³-hybridized carbons (Fsp3) is 0.0278. The first-order valence-corrected chi connectivity index (χ1v) is 16.8. The molecule has 0 bridgehead atoms. The first-order chi connectivity index (χ1) is 20.2. The standard InChI is InChI=1S/C25H22P2.C11H6F2N.ClH.Pt/c1-5-13-22(14-6-1)26(23-15-7-2-8-16-23)21-27(24-17-9-3-10-18-24)25-19-11-4-12-20-25;12-8-4-5-9(10(13)7-8)11-3-1-2-6-14-11;;/h1-20H,21H2;1-4,6-7H;1H;/q;-1;;/p+2. The molecule has 5 aromatic carbocycles. The van der Waals surface area contributed by atoms with Crippen molar-refractivity contribution in [3.05, 3.63) is 176 Å². The molecule has 6 aromatic rings. The van der Waals surface area contributed by atoms with Gasteiger partial charge in [0.15, 0.2) is 5.90 Å². The molecular weight excluding hydrogens is 777 g/mol. The van der Waals surface area contributed by atoms with Gasteiger partial charge in [-0.1, -0.05) is 96.6 Å². The molecule has 0 aliphatic heterocycles. The minimum Gasteiger partial charge on any atom is -0.305 e. The SMILES string of the molecule is Cl.Fc1c[c-]c(-c2ccccn2)c(F)c1.[Pt].c1ccc([PH+](C[PH+](c2ccccc2)c2ccccc2)c2ccccc2)cc1. The normalized spacial score (nSPS) is 10.2. The molecule has 220 valence electrons. The van der Waals surface area contributed by atoms with E-state index in [1.165, 1.54) is 27.1 Å². The van der Waals surface area contributed by atoms with E-state index in [0.717, 1.165) is 12.1 Å². The Balaban J connectivity index is 0.000000269. The molecule has 0 saturated heterocycles. The van der Waals surface area contributed by atoms with Gasteiger partial charge in [0.1, 0.15) is 37.1 Å². The van der Waals surface area contributed by atoms with Crippen molar-refractivity contribution < 1.29 is 29.8 Å². The second-order valence-electron chi connectivity index (χ2n) is 9.35. The average molecular weight is 808 g/mol. The van der Waals surface area contributed by atoms with Crippen LogP contribution >= 0.6 is 28.3 Å². The largest absolute Gasteiger partial charge is 0.305 e. The van der Waals surface area contributed by atoms with Crippen LogP contribution in [-0.2, 0) is 21.1 Å². The van der Waals surface area contributed by atoms with Gasteiger partial charge in [-0.2, -0.15) is 0 Å². The second-order valence-corrected chi connectivity index (χ2v) is 15.0. The molecule has 0 atom stereocenters. The van der Waals surface area contributed by atoms with Crippen LogP contribution in [0.2, 0.25) is 0 Å². The van der Waals surface area contributed by atoms with Crippen LogP contribution in [0, 0.1) is 17.7 Å². The van der Waals surface area contributed by atoms with Crippen LogP contribution in [0.1, 0.15) is 0 Å². The maximum Gasteiger partial charge on any atom is 0.174 e. The second kappa shape index (κ2) is 17.9. The smallest absolute Gasteiger partial charge is 0.174 e. The topological polar surface area (TPSA) is 12.9 Å². The van der Waals surface area contributed by atoms with Crippen molar-refractivity contribution in [2.75, 3.05) is 5.90 Å². The summed E-state index contributed by atoms with van der Waals surface area (Å²) >= 11 is 0. The monoisotopic (exact) mass is 807 g/mol. The molecule has 0 fully saturated rings. The zero-order valence-electron chi connectivity index (χ0n) is 23.1. The molecule has 0 aliphatic carbocycles. The summed E-state index contributed by atoms with van der Waals surface area (Å²) in [5.41, 5.74) is 0.636. The molecule has 0 amide bonds. The van der Waals surface area contributed by atoms with Crippen molar-refractivity contribution >= 4 is 49.5 Å². The van der Waals surface area contributed by atoms with E-state index in [4.69, 9.17) is 0 Å². The van der Waals surface area contributed by atoms with E-state index in [9.17, 15) is 8.78 Å². The first kappa shape index (κ1) is 34.4. The zero-order valence-corrected chi connectivity index (χ0v) is 28.2. The van der Waals surface area contributed by atoms with Crippen LogP contribution in [0.3, 0.4) is 0 Å². The van der Waals surface area contributed by atoms with E-state index in [0.29, 0.717) is 5.69 Å². The van der Waals surface area contributed by atoms with Crippen molar-refractivity contribution in [2.45, 2.75) is 0 Å². The maximum atomic E-state index is 13.2. The molecule has 0 spiro atoms. The molecule has 1 aromatic heterocycles. The molecule has 1 nitrogen and oxygen atoms in total. The van der Waals surface area contributed by atoms with Crippen LogP contribution < -0.4 is 21.2 Å². The number of halogens is 3. The minimum absolute atomic E-state index is 0. The van der Waals surface area contributed by atoms with E-state index in [2.05, 4.69) is 132 Å². The van der Waals surface area contributed by atoms with E-state index in [-0.39, 0.29) is 39.0 Å². The molecule has 0 saturated carbocycles. The third-order valence-corrected chi connectivity index (χ3v) is 13.6. The van der Waals surface area contributed by atoms with Crippen LogP contribution in [0.5, 0.6) is 0 Å². The van der Waals surface area contributed by atoms with Gasteiger partial charge in [-0.3, -0.25) is 8.78 Å². The molecule has 0 unspecified atom stereocenters. The summed E-state index contributed by atoms with van der Waals surface area (Å²) in [4.78, 5) is 3.95. The van der Waals surface area contributed by atoms with Gasteiger partial charge in [0, 0.05) is 38.9 Å². The van der Waals surface area contributed by atoms with Gasteiger partial charge >= 0.3 is 0 Å². The summed E-state index contributed by atoms with van der Waals surface area (Å²) in [6.07, 6.45) is 1.55. The molecular formula is C36H31ClF2NP2Pt+. The Hall–Kier alpha value is -3.05. The Morgan fingerprint density at radius 1 is 0.558 bits per heavy atom. The Morgan fingerprint density at radius 3 is 1.30 bits per heavy atom. The number of pyridine rings is 1. The van der Waals surface area contributed by atoms with Crippen molar-refractivity contribution in [1.82, 2.24) is 4.98 Å². The summed E-state index contributed by atoms with van der Waals surface area (Å²) in [6, 6.07) is 54.0. The number of rotatable bonds is 7. The van der Waals surface area contributed by atoms with E-state index >= 15 is 0 Å². The van der Waals surface area contributed by atoms with Gasteiger partial charge in [0.05, 0.1) is 0 Å². The van der Waals surface area contributed by atoms with Gasteiger partial charge in [0.2, 0.25) is 0 Å².